The molecule has 0 spiro atoms. The van der Waals surface area contributed by atoms with Crippen LogP contribution >= 0.6 is 0 Å². The van der Waals surface area contributed by atoms with E-state index in [2.05, 4.69) is 0 Å². The highest BCUT2D eigenvalue weighted by atomic mass is 35.5. The summed E-state index contributed by atoms with van der Waals surface area (Å²) in [6.45, 7) is 3.87. The molecule has 0 atom stereocenters. The van der Waals surface area contributed by atoms with Crippen LogP contribution in [0.5, 0.6) is 0 Å². The van der Waals surface area contributed by atoms with Gasteiger partial charge in [0.1, 0.15) is 18.6 Å². The van der Waals surface area contributed by atoms with Gasteiger partial charge in [0, 0.05) is 24.2 Å². The van der Waals surface area contributed by atoms with Crippen LogP contribution in [0, 0.1) is 0 Å². The fraction of sp³-hybridized carbons (Fsp3) is 0.286. The van der Waals surface area contributed by atoms with E-state index in [0.717, 1.165) is 0 Å². The first kappa shape index (κ1) is 7.46. The average molecular weight is 293 g/mol. The lowest BCUT2D eigenvalue weighted by Crippen LogP contribution is -3.00. The third kappa shape index (κ3) is 3.97. The predicted octanol–water partition coefficient (Wildman–Crippen LogP) is -4.02. The molecule has 0 aliphatic carbocycles. The highest BCUT2D eigenvalue weighted by Gasteiger charge is 2.03. The van der Waals surface area contributed by atoms with E-state index in [9.17, 15) is 0 Å². The number of aromatic nitrogens is 2. The molecule has 2 aromatic rings. The lowest BCUT2D eigenvalue weighted by atomic mass is 10.1. The van der Waals surface area contributed by atoms with Crippen LogP contribution in [0.25, 0.3) is 11.1 Å². The summed E-state index contributed by atoms with van der Waals surface area (Å²) in [5, 5.41) is 0. The molecule has 0 saturated carbocycles. The molecule has 0 fully saturated rings. The minimum absolute atomic E-state index is 0. The van der Waals surface area contributed by atoms with E-state index < -0.39 is 0 Å². The molecule has 0 N–H and O–H groups in total. The van der Waals surface area contributed by atoms with Crippen molar-refractivity contribution in [2.24, 2.45) is 0 Å². The lowest BCUT2D eigenvalue weighted by Gasteiger charge is -1.99. The number of hydrogen-bond donors (Lipinski definition) is 0. The number of halogens is 2. The van der Waals surface area contributed by atoms with Crippen molar-refractivity contribution < 1.29 is 44.9 Å². The highest BCUT2D eigenvalue weighted by Crippen LogP contribution is 2.15. The Balaban J connectivity index is 0.00000312. The molecule has 2 rings (SSSR count). The topological polar surface area (TPSA) is 7.76 Å². The number of nitrogens with zero attached hydrogens (tertiary/aromatic N) is 2. The normalized spacial score (nSPS) is 15.4. The van der Waals surface area contributed by atoms with Gasteiger partial charge in [-0.15, -0.1) is 0 Å². The molecule has 0 unspecified atom stereocenters. The Bertz CT molecular complexity index is 717. The smallest absolute Gasteiger partial charge is 0.169 e. The van der Waals surface area contributed by atoms with E-state index in [4.69, 9.17) is 11.0 Å². The fourth-order valence-corrected chi connectivity index (χ4v) is 1.18. The summed E-state index contributed by atoms with van der Waals surface area (Å²) >= 11 is 0. The summed E-state index contributed by atoms with van der Waals surface area (Å²) in [6, 6.07) is -1.53. The summed E-state index contributed by atoms with van der Waals surface area (Å²) in [5.41, 5.74) is -0.426. The van der Waals surface area contributed by atoms with Gasteiger partial charge in [-0.1, -0.05) is 0 Å². The van der Waals surface area contributed by atoms with Crippen molar-refractivity contribution in [3.8, 4) is 11.1 Å². The first-order valence-corrected chi connectivity index (χ1v) is 5.19. The van der Waals surface area contributed by atoms with Gasteiger partial charge in [-0.3, -0.25) is 0 Å². The van der Waals surface area contributed by atoms with Crippen molar-refractivity contribution >= 4 is 0 Å². The minimum Gasteiger partial charge on any atom is -1.00 e. The Morgan fingerprint density at radius 1 is 0.778 bits per heavy atom. The van der Waals surface area contributed by atoms with Gasteiger partial charge >= 0.3 is 0 Å². The molecule has 98 valence electrons. The predicted molar refractivity (Wildman–Crippen MR) is 63.6 cm³/mol. The molecule has 0 radical (unpaired) electrons. The second-order valence-electron chi connectivity index (χ2n) is 3.19. The van der Waals surface area contributed by atoms with Crippen molar-refractivity contribution in [1.29, 1.82) is 0 Å². The number of pyridine rings is 2. The van der Waals surface area contributed by atoms with Crippen LogP contribution in [0.1, 0.15) is 24.8 Å². The maximum Gasteiger partial charge on any atom is 0.169 e. The lowest BCUT2D eigenvalue weighted by molar-refractivity contribution is -0.693. The molecule has 0 aromatic carbocycles. The van der Waals surface area contributed by atoms with Gasteiger partial charge < -0.3 is 24.8 Å². The Morgan fingerprint density at radius 2 is 1.06 bits per heavy atom. The van der Waals surface area contributed by atoms with Gasteiger partial charge in [-0.2, -0.15) is 0 Å². The van der Waals surface area contributed by atoms with Gasteiger partial charge in [0.15, 0.2) is 24.7 Å². The fourth-order valence-electron chi connectivity index (χ4n) is 1.18. The molecule has 18 heavy (non-hydrogen) atoms. The molecular formula is C14H18Cl2N2. The highest BCUT2D eigenvalue weighted by molar-refractivity contribution is 5.60. The third-order valence-corrected chi connectivity index (χ3v) is 2.15. The zero-order chi connectivity index (χ0) is 18.3. The number of hydrogen-bond acceptors (Lipinski definition) is 0. The third-order valence-electron chi connectivity index (χ3n) is 2.15. The zero-order valence-corrected chi connectivity index (χ0v) is 11.6. The van der Waals surface area contributed by atoms with Crippen molar-refractivity contribution in [3.63, 3.8) is 0 Å². The van der Waals surface area contributed by atoms with Gasteiger partial charge in [0.25, 0.3) is 0 Å². The number of rotatable bonds is 3. The first-order chi connectivity index (χ1) is 11.2. The maximum atomic E-state index is 8.14. The summed E-state index contributed by atoms with van der Waals surface area (Å²) in [5.74, 6) is 0. The van der Waals surface area contributed by atoms with E-state index in [1.165, 1.54) is 9.13 Å². The van der Waals surface area contributed by atoms with Crippen molar-refractivity contribution in [1.82, 2.24) is 0 Å². The molecule has 0 amide bonds. The van der Waals surface area contributed by atoms with Crippen molar-refractivity contribution in [2.45, 2.75) is 26.9 Å². The molecule has 0 aliphatic rings. The largest absolute Gasteiger partial charge is 1.00 e. The summed E-state index contributed by atoms with van der Waals surface area (Å²) in [7, 11) is 0. The first-order valence-electron chi connectivity index (χ1n) is 9.19. The molecule has 4 heteroatoms. The summed E-state index contributed by atoms with van der Waals surface area (Å²) in [4.78, 5) is 0. The zero-order valence-electron chi connectivity index (χ0n) is 18.1. The molecule has 0 saturated heterocycles. The van der Waals surface area contributed by atoms with Gasteiger partial charge in [0.2, 0.25) is 0 Å². The molecule has 2 aromatic heterocycles. The molecule has 2 heterocycles. The van der Waals surface area contributed by atoms with Crippen LogP contribution in [0.4, 0.5) is 0 Å². The van der Waals surface area contributed by atoms with Crippen molar-refractivity contribution in [2.75, 3.05) is 0 Å². The van der Waals surface area contributed by atoms with Gasteiger partial charge in [0.05, 0.1) is 5.48 Å². The summed E-state index contributed by atoms with van der Waals surface area (Å²) < 4.78 is 66.9. The Morgan fingerprint density at radius 3 is 1.28 bits per heavy atom. The van der Waals surface area contributed by atoms with Crippen LogP contribution in [0.15, 0.2) is 48.9 Å². The molecular weight excluding hydrogens is 267 g/mol. The van der Waals surface area contributed by atoms with E-state index in [0.29, 0.717) is 0 Å². The molecule has 0 bridgehead atoms. The van der Waals surface area contributed by atoms with E-state index >= 15 is 0 Å². The average Bonchev–Trinajstić information content (AvgIpc) is 2.55. The minimum atomic E-state index is -0.382. The van der Waals surface area contributed by atoms with Crippen LogP contribution in [0.2, 0.25) is 0 Å². The Kier molecular flexibility index (Phi) is 3.34. The second-order valence-corrected chi connectivity index (χ2v) is 3.19. The van der Waals surface area contributed by atoms with Crippen LogP contribution in [-0.2, 0) is 13.1 Å². The van der Waals surface area contributed by atoms with Gasteiger partial charge in [-0.25, -0.2) is 9.13 Å². The molecule has 2 nitrogen and oxygen atoms in total. The van der Waals surface area contributed by atoms with E-state index in [1.54, 1.807) is 13.8 Å². The Labute approximate surface area is 132 Å². The van der Waals surface area contributed by atoms with Crippen LogP contribution < -0.4 is 33.9 Å². The maximum absolute atomic E-state index is 8.14. The SMILES string of the molecule is [2H]c1c(-c2c([2H])c([2H])[n+](CC)c([2H])c2[2H])c([2H])c([2H])[n+](CC)c1[2H].[Cl-].[Cl-]. The summed E-state index contributed by atoms with van der Waals surface area (Å²) in [6.07, 6.45) is -1.18. The van der Waals surface area contributed by atoms with E-state index in [-0.39, 0.29) is 97.9 Å². The standard InChI is InChI=1S/C14H18N2.2ClH/c1-3-15-9-5-13(6-10-15)14-7-11-16(4-2)12-8-14;;/h5-12H,3-4H2,1-2H3;2*1H/q+2;;/p-2/i5D,6D,7D,8D,9D,10D,11D,12D;;. The monoisotopic (exact) mass is 292 g/mol. The molecule has 0 aliphatic heterocycles. The van der Waals surface area contributed by atoms with Crippen LogP contribution in [-0.4, -0.2) is 0 Å². The van der Waals surface area contributed by atoms with Gasteiger partial charge in [-0.05, 0) is 25.0 Å². The van der Waals surface area contributed by atoms with Crippen LogP contribution in [0.3, 0.4) is 0 Å². The van der Waals surface area contributed by atoms with E-state index in [1.807, 2.05) is 0 Å². The van der Waals surface area contributed by atoms with Crippen molar-refractivity contribution in [3.05, 3.63) is 48.9 Å². The Hall–Kier alpha value is -1.12. The second kappa shape index (κ2) is 8.06. The quantitative estimate of drug-likeness (QED) is 0.509.